The van der Waals surface area contributed by atoms with Crippen LogP contribution in [0.4, 0.5) is 5.82 Å². The lowest BCUT2D eigenvalue weighted by molar-refractivity contribution is 0.414. The van der Waals surface area contributed by atoms with Crippen LogP contribution in [-0.4, -0.2) is 22.4 Å². The van der Waals surface area contributed by atoms with Crippen molar-refractivity contribution in [3.8, 4) is 17.4 Å². The Bertz CT molecular complexity index is 840. The molecule has 0 saturated carbocycles. The van der Waals surface area contributed by atoms with E-state index in [0.29, 0.717) is 29.1 Å². The Morgan fingerprint density at radius 3 is 2.35 bits per heavy atom. The molecular formula is C19H18N4O2S. The molecule has 0 atom stereocenters. The van der Waals surface area contributed by atoms with E-state index in [4.69, 9.17) is 21.7 Å². The summed E-state index contributed by atoms with van der Waals surface area (Å²) in [5, 5.41) is 14.7. The minimum Gasteiger partial charge on any atom is -0.497 e. The van der Waals surface area contributed by atoms with E-state index in [1.165, 1.54) is 0 Å². The minimum atomic E-state index is 0.416. The maximum atomic E-state index is 5.60. The second kappa shape index (κ2) is 8.77. The Hall–Kier alpha value is -3.19. The van der Waals surface area contributed by atoms with Crippen LogP contribution < -0.4 is 20.1 Å². The SMILES string of the molecule is COc1ccc(CNC(=S)Nc2ccc(Oc3ccccc3)nn2)cc1. The Morgan fingerprint density at radius 1 is 0.923 bits per heavy atom. The van der Waals surface area contributed by atoms with Crippen molar-refractivity contribution in [1.82, 2.24) is 15.5 Å². The molecule has 0 saturated heterocycles. The molecule has 6 nitrogen and oxygen atoms in total. The van der Waals surface area contributed by atoms with Crippen LogP contribution in [0, 0.1) is 0 Å². The van der Waals surface area contributed by atoms with E-state index in [9.17, 15) is 0 Å². The first-order chi connectivity index (χ1) is 12.7. The molecule has 0 fully saturated rings. The predicted octanol–water partition coefficient (Wildman–Crippen LogP) is 3.76. The molecule has 0 aliphatic carbocycles. The molecule has 0 aliphatic rings. The molecule has 3 rings (SSSR count). The number of hydrogen-bond donors (Lipinski definition) is 2. The fraction of sp³-hybridized carbons (Fsp3) is 0.105. The standard InChI is InChI=1S/C19H18N4O2S/c1-24-15-9-7-14(8-10-15)13-20-19(26)21-17-11-12-18(23-22-17)25-16-5-3-2-4-6-16/h2-12H,13H2,1H3,(H2,20,21,22,26). The van der Waals surface area contributed by atoms with Gasteiger partial charge in [0.25, 0.3) is 0 Å². The molecule has 0 radical (unpaired) electrons. The molecule has 0 spiro atoms. The Balaban J connectivity index is 1.49. The lowest BCUT2D eigenvalue weighted by Crippen LogP contribution is -2.28. The van der Waals surface area contributed by atoms with E-state index >= 15 is 0 Å². The lowest BCUT2D eigenvalue weighted by Gasteiger charge is -2.10. The van der Waals surface area contributed by atoms with Gasteiger partial charge in [-0.05, 0) is 48.1 Å². The minimum absolute atomic E-state index is 0.416. The number of methoxy groups -OCH3 is 1. The highest BCUT2D eigenvalue weighted by atomic mass is 32.1. The zero-order valence-electron chi connectivity index (χ0n) is 14.2. The number of rotatable bonds is 6. The number of benzene rings is 2. The highest BCUT2D eigenvalue weighted by molar-refractivity contribution is 7.80. The highest BCUT2D eigenvalue weighted by Crippen LogP contribution is 2.18. The second-order valence-electron chi connectivity index (χ2n) is 5.33. The first kappa shape index (κ1) is 17.6. The van der Waals surface area contributed by atoms with Crippen molar-refractivity contribution in [3.63, 3.8) is 0 Å². The highest BCUT2D eigenvalue weighted by Gasteiger charge is 2.03. The van der Waals surface area contributed by atoms with Crippen molar-refractivity contribution >= 4 is 23.1 Å². The second-order valence-corrected chi connectivity index (χ2v) is 5.74. The molecular weight excluding hydrogens is 348 g/mol. The van der Waals surface area contributed by atoms with Crippen LogP contribution in [0.5, 0.6) is 17.4 Å². The monoisotopic (exact) mass is 366 g/mol. The van der Waals surface area contributed by atoms with Crippen LogP contribution >= 0.6 is 12.2 Å². The van der Waals surface area contributed by atoms with Crippen molar-refractivity contribution in [3.05, 3.63) is 72.3 Å². The van der Waals surface area contributed by atoms with Crippen LogP contribution in [0.25, 0.3) is 0 Å². The number of ether oxygens (including phenoxy) is 2. The molecule has 0 aliphatic heterocycles. The molecule has 0 amide bonds. The Labute approximate surface area is 157 Å². The van der Waals surface area contributed by atoms with Crippen molar-refractivity contribution in [1.29, 1.82) is 0 Å². The van der Waals surface area contributed by atoms with Gasteiger partial charge in [0.2, 0.25) is 5.88 Å². The molecule has 3 aromatic rings. The average Bonchev–Trinajstić information content (AvgIpc) is 2.69. The number of nitrogens with zero attached hydrogens (tertiary/aromatic N) is 2. The van der Waals surface area contributed by atoms with Gasteiger partial charge in [-0.1, -0.05) is 30.3 Å². The summed E-state index contributed by atoms with van der Waals surface area (Å²) in [6, 6.07) is 20.7. The summed E-state index contributed by atoms with van der Waals surface area (Å²) in [4.78, 5) is 0. The molecule has 26 heavy (non-hydrogen) atoms. The number of anilines is 1. The van der Waals surface area contributed by atoms with Crippen LogP contribution in [-0.2, 0) is 6.54 Å². The first-order valence-electron chi connectivity index (χ1n) is 7.97. The molecule has 132 valence electrons. The van der Waals surface area contributed by atoms with Crippen molar-refractivity contribution in [2.75, 3.05) is 12.4 Å². The molecule has 0 bridgehead atoms. The predicted molar refractivity (Wildman–Crippen MR) is 105 cm³/mol. The van der Waals surface area contributed by atoms with E-state index in [1.54, 1.807) is 19.2 Å². The van der Waals surface area contributed by atoms with Gasteiger partial charge in [-0.3, -0.25) is 0 Å². The molecule has 2 N–H and O–H groups in total. The van der Waals surface area contributed by atoms with Crippen LogP contribution in [0.3, 0.4) is 0 Å². The summed E-state index contributed by atoms with van der Waals surface area (Å²) in [7, 11) is 1.64. The van der Waals surface area contributed by atoms with Gasteiger partial charge in [-0.2, -0.15) is 0 Å². The topological polar surface area (TPSA) is 68.3 Å². The van der Waals surface area contributed by atoms with Gasteiger partial charge in [-0.25, -0.2) is 0 Å². The van der Waals surface area contributed by atoms with Gasteiger partial charge < -0.3 is 20.1 Å². The van der Waals surface area contributed by atoms with Gasteiger partial charge in [0.1, 0.15) is 11.5 Å². The summed E-state index contributed by atoms with van der Waals surface area (Å²) in [5.41, 5.74) is 1.09. The fourth-order valence-corrected chi connectivity index (χ4v) is 2.31. The third-order valence-corrected chi connectivity index (χ3v) is 3.71. The Morgan fingerprint density at radius 2 is 1.69 bits per heavy atom. The van der Waals surface area contributed by atoms with Crippen molar-refractivity contribution in [2.24, 2.45) is 0 Å². The van der Waals surface area contributed by atoms with Crippen molar-refractivity contribution < 1.29 is 9.47 Å². The summed E-state index contributed by atoms with van der Waals surface area (Å²) >= 11 is 5.28. The van der Waals surface area contributed by atoms with Gasteiger partial charge in [-0.15, -0.1) is 10.2 Å². The largest absolute Gasteiger partial charge is 0.497 e. The quantitative estimate of drug-likeness (QED) is 0.644. The van der Waals surface area contributed by atoms with E-state index in [1.807, 2.05) is 54.6 Å². The number of nitrogens with one attached hydrogen (secondary N) is 2. The zero-order chi connectivity index (χ0) is 18.2. The van der Waals surface area contributed by atoms with E-state index in [-0.39, 0.29) is 0 Å². The van der Waals surface area contributed by atoms with E-state index in [2.05, 4.69) is 20.8 Å². The summed E-state index contributed by atoms with van der Waals surface area (Å²) < 4.78 is 10.7. The average molecular weight is 366 g/mol. The van der Waals surface area contributed by atoms with Crippen LogP contribution in [0.15, 0.2) is 66.7 Å². The molecule has 2 aromatic carbocycles. The molecule has 1 heterocycles. The van der Waals surface area contributed by atoms with Gasteiger partial charge in [0.05, 0.1) is 7.11 Å². The van der Waals surface area contributed by atoms with Crippen molar-refractivity contribution in [2.45, 2.75) is 6.54 Å². The summed E-state index contributed by atoms with van der Waals surface area (Å²) in [6.45, 7) is 0.596. The van der Waals surface area contributed by atoms with Gasteiger partial charge >= 0.3 is 0 Å². The smallest absolute Gasteiger partial charge is 0.238 e. The third kappa shape index (κ3) is 5.15. The van der Waals surface area contributed by atoms with Crippen LogP contribution in [0.2, 0.25) is 0 Å². The number of para-hydroxylation sites is 1. The number of hydrogen-bond acceptors (Lipinski definition) is 5. The summed E-state index contributed by atoms with van der Waals surface area (Å²) in [5.74, 6) is 2.48. The van der Waals surface area contributed by atoms with Gasteiger partial charge in [0, 0.05) is 12.6 Å². The number of thiocarbonyl (C=S) groups is 1. The maximum Gasteiger partial charge on any atom is 0.238 e. The molecule has 0 unspecified atom stereocenters. The third-order valence-electron chi connectivity index (χ3n) is 3.46. The normalized spacial score (nSPS) is 10.0. The lowest BCUT2D eigenvalue weighted by atomic mass is 10.2. The van der Waals surface area contributed by atoms with Gasteiger partial charge in [0.15, 0.2) is 10.9 Å². The first-order valence-corrected chi connectivity index (χ1v) is 8.38. The maximum absolute atomic E-state index is 5.60. The van der Waals surface area contributed by atoms with E-state index < -0.39 is 0 Å². The zero-order valence-corrected chi connectivity index (χ0v) is 15.0. The fourth-order valence-electron chi connectivity index (χ4n) is 2.14. The molecule has 7 heteroatoms. The Kier molecular flexibility index (Phi) is 5.95. The number of aromatic nitrogens is 2. The molecule has 1 aromatic heterocycles. The van der Waals surface area contributed by atoms with Crippen LogP contribution in [0.1, 0.15) is 5.56 Å². The van der Waals surface area contributed by atoms with E-state index in [0.717, 1.165) is 11.3 Å². The summed E-state index contributed by atoms with van der Waals surface area (Å²) in [6.07, 6.45) is 0.